The Kier molecular flexibility index (Phi) is 6.62. The van der Waals surface area contributed by atoms with Gasteiger partial charge in [0.25, 0.3) is 0 Å². The minimum Gasteiger partial charge on any atom is -0.444 e. The van der Waals surface area contributed by atoms with Crippen LogP contribution in [0, 0.1) is 13.8 Å². The summed E-state index contributed by atoms with van der Waals surface area (Å²) in [5.41, 5.74) is 11.3. The van der Waals surface area contributed by atoms with Crippen LogP contribution in [-0.2, 0) is 18.8 Å². The first-order chi connectivity index (χ1) is 18.9. The molecular formula is C28H31N9O3. The van der Waals surface area contributed by atoms with E-state index in [1.54, 1.807) is 37.7 Å². The summed E-state index contributed by atoms with van der Waals surface area (Å²) in [5.74, 6) is 1.33. The summed E-state index contributed by atoms with van der Waals surface area (Å²) >= 11 is 0. The Bertz CT molecular complexity index is 1730. The number of rotatable bonds is 5. The van der Waals surface area contributed by atoms with E-state index in [2.05, 4.69) is 30.4 Å². The van der Waals surface area contributed by atoms with Gasteiger partial charge < -0.3 is 19.8 Å². The van der Waals surface area contributed by atoms with Gasteiger partial charge in [-0.2, -0.15) is 5.10 Å². The van der Waals surface area contributed by atoms with Crippen molar-refractivity contribution in [2.75, 3.05) is 11.1 Å². The number of aromatic nitrogens is 7. The predicted octanol–water partition coefficient (Wildman–Crippen LogP) is 5.16. The van der Waals surface area contributed by atoms with Crippen LogP contribution in [0.3, 0.4) is 0 Å². The van der Waals surface area contributed by atoms with Gasteiger partial charge in [0.05, 0.1) is 16.8 Å². The fourth-order valence-corrected chi connectivity index (χ4v) is 4.58. The number of carbonyl (C=O) groups excluding carboxylic acids is 1. The molecule has 206 valence electrons. The van der Waals surface area contributed by atoms with Crippen LogP contribution in [0.15, 0.2) is 42.9 Å². The van der Waals surface area contributed by atoms with Gasteiger partial charge in [-0.3, -0.25) is 10.00 Å². The van der Waals surface area contributed by atoms with E-state index in [1.807, 2.05) is 56.8 Å². The van der Waals surface area contributed by atoms with Gasteiger partial charge in [-0.15, -0.1) is 0 Å². The lowest BCUT2D eigenvalue weighted by Crippen LogP contribution is -2.27. The molecule has 1 aromatic carbocycles. The normalized spacial score (nSPS) is 11.6. The topological polar surface area (TPSA) is 148 Å². The van der Waals surface area contributed by atoms with Crippen molar-refractivity contribution < 1.29 is 14.3 Å². The number of benzene rings is 1. The van der Waals surface area contributed by atoms with Gasteiger partial charge in [0, 0.05) is 37.1 Å². The number of aryl methyl sites for hydroxylation is 3. The molecule has 0 bridgehead atoms. The van der Waals surface area contributed by atoms with Crippen LogP contribution in [-0.4, -0.2) is 46.0 Å². The summed E-state index contributed by atoms with van der Waals surface area (Å²) in [6.07, 6.45) is 2.51. The summed E-state index contributed by atoms with van der Waals surface area (Å²) in [6, 6.07) is 9.62. The Morgan fingerprint density at radius 1 is 1.00 bits per heavy atom. The molecule has 0 spiro atoms. The number of fused-ring (bicyclic) bond motifs is 1. The van der Waals surface area contributed by atoms with Crippen molar-refractivity contribution in [3.63, 3.8) is 0 Å². The molecule has 0 saturated carbocycles. The molecule has 40 heavy (non-hydrogen) atoms. The van der Waals surface area contributed by atoms with Crippen LogP contribution in [0.2, 0.25) is 0 Å². The van der Waals surface area contributed by atoms with Gasteiger partial charge >= 0.3 is 12.1 Å². The lowest BCUT2D eigenvalue weighted by Gasteiger charge is -2.19. The van der Waals surface area contributed by atoms with E-state index in [0.717, 1.165) is 33.8 Å². The van der Waals surface area contributed by atoms with Crippen molar-refractivity contribution in [1.82, 2.24) is 34.3 Å². The number of nitrogen functional groups attached to an aromatic ring is 1. The molecule has 0 unspecified atom stereocenters. The fourth-order valence-electron chi connectivity index (χ4n) is 4.58. The Morgan fingerprint density at radius 3 is 2.40 bits per heavy atom. The molecule has 5 rings (SSSR count). The summed E-state index contributed by atoms with van der Waals surface area (Å²) in [4.78, 5) is 29.8. The number of hydrogen-bond donors (Lipinski definition) is 2. The Morgan fingerprint density at radius 2 is 1.73 bits per heavy atom. The molecule has 0 atom stereocenters. The smallest absolute Gasteiger partial charge is 0.413 e. The van der Waals surface area contributed by atoms with Gasteiger partial charge in [0.1, 0.15) is 29.1 Å². The number of nitrogens with two attached hydrogens (primary N) is 1. The van der Waals surface area contributed by atoms with E-state index in [-0.39, 0.29) is 6.01 Å². The first kappa shape index (κ1) is 26.6. The zero-order chi connectivity index (χ0) is 28.8. The van der Waals surface area contributed by atoms with E-state index in [1.165, 1.54) is 6.33 Å². The summed E-state index contributed by atoms with van der Waals surface area (Å²) in [5, 5.41) is 8.06. The zero-order valence-corrected chi connectivity index (χ0v) is 23.5. The van der Waals surface area contributed by atoms with Gasteiger partial charge in [-0.25, -0.2) is 24.7 Å². The maximum absolute atomic E-state index is 12.5. The number of hydrogen-bond acceptors (Lipinski definition) is 9. The number of nitrogens with one attached hydrogen (secondary N) is 1. The van der Waals surface area contributed by atoms with Crippen LogP contribution >= 0.6 is 0 Å². The van der Waals surface area contributed by atoms with E-state index >= 15 is 0 Å². The molecule has 0 radical (unpaired) electrons. The maximum atomic E-state index is 12.5. The summed E-state index contributed by atoms with van der Waals surface area (Å²) in [7, 11) is 3.73. The molecule has 0 aliphatic heterocycles. The highest BCUT2D eigenvalue weighted by molar-refractivity contribution is 6.08. The second-order valence-electron chi connectivity index (χ2n) is 10.4. The molecule has 12 heteroatoms. The summed E-state index contributed by atoms with van der Waals surface area (Å²) in [6.45, 7) is 9.19. The van der Waals surface area contributed by atoms with Crippen LogP contribution in [0.1, 0.15) is 32.0 Å². The van der Waals surface area contributed by atoms with Crippen molar-refractivity contribution in [2.45, 2.75) is 40.2 Å². The molecule has 0 aliphatic carbocycles. The molecular weight excluding hydrogens is 510 g/mol. The van der Waals surface area contributed by atoms with Crippen LogP contribution < -0.4 is 15.8 Å². The number of ether oxygens (including phenoxy) is 2. The molecule has 12 nitrogen and oxygen atoms in total. The highest BCUT2D eigenvalue weighted by Crippen LogP contribution is 2.43. The number of nitrogens with zero attached hydrogens (tertiary/aromatic N) is 7. The van der Waals surface area contributed by atoms with Gasteiger partial charge in [0.2, 0.25) is 0 Å². The lowest BCUT2D eigenvalue weighted by molar-refractivity contribution is 0.0635. The molecule has 0 saturated heterocycles. The molecule has 4 aromatic heterocycles. The van der Waals surface area contributed by atoms with Gasteiger partial charge in [-0.1, -0.05) is 12.1 Å². The number of carbonyl (C=O) groups is 1. The van der Waals surface area contributed by atoms with Crippen molar-refractivity contribution >= 4 is 28.8 Å². The molecule has 0 fully saturated rings. The highest BCUT2D eigenvalue weighted by atomic mass is 16.6. The van der Waals surface area contributed by atoms with Gasteiger partial charge in [0.15, 0.2) is 5.82 Å². The third-order valence-corrected chi connectivity index (χ3v) is 6.25. The second kappa shape index (κ2) is 9.95. The third kappa shape index (κ3) is 5.03. The Balaban J connectivity index is 1.62. The largest absolute Gasteiger partial charge is 0.444 e. The second-order valence-corrected chi connectivity index (χ2v) is 10.4. The maximum Gasteiger partial charge on any atom is 0.413 e. The average Bonchev–Trinajstić information content (AvgIpc) is 3.31. The van der Waals surface area contributed by atoms with E-state index in [0.29, 0.717) is 28.4 Å². The monoisotopic (exact) mass is 541 g/mol. The Hall–Kier alpha value is -5.00. The molecule has 3 N–H and O–H groups in total. The number of anilines is 2. The van der Waals surface area contributed by atoms with Crippen LogP contribution in [0.5, 0.6) is 11.8 Å². The van der Waals surface area contributed by atoms with E-state index in [9.17, 15) is 4.79 Å². The zero-order valence-electron chi connectivity index (χ0n) is 23.5. The van der Waals surface area contributed by atoms with Crippen molar-refractivity contribution in [3.05, 3.63) is 54.1 Å². The van der Waals surface area contributed by atoms with Crippen molar-refractivity contribution in [2.24, 2.45) is 14.1 Å². The van der Waals surface area contributed by atoms with Gasteiger partial charge in [-0.05, 0) is 58.4 Å². The fraction of sp³-hybridized carbons (Fsp3) is 0.286. The summed E-state index contributed by atoms with van der Waals surface area (Å²) < 4.78 is 15.0. The molecule has 4 heterocycles. The first-order valence-corrected chi connectivity index (χ1v) is 12.6. The van der Waals surface area contributed by atoms with Crippen LogP contribution in [0.4, 0.5) is 16.4 Å². The van der Waals surface area contributed by atoms with Crippen molar-refractivity contribution in [3.8, 4) is 34.3 Å². The highest BCUT2D eigenvalue weighted by Gasteiger charge is 2.27. The van der Waals surface area contributed by atoms with Crippen molar-refractivity contribution in [1.29, 1.82) is 0 Å². The van der Waals surface area contributed by atoms with E-state index < -0.39 is 11.7 Å². The minimum absolute atomic E-state index is 0.270. The molecule has 1 amide bonds. The average molecular weight is 542 g/mol. The Labute approximate surface area is 231 Å². The standard InChI is InChI=1S/C28H31N9O3/c1-15-12-13-30-26(33-15)39-18-10-8-17(9-11-18)19-20-23(29)31-14-32-25(20)36(6)22(19)21-16(2)24(35-37(21)7)34-27(38)40-28(3,4)5/h8-14H,1-7H3,(H2,29,31,32)(H,34,35,38). The SMILES string of the molecule is Cc1ccnc(Oc2ccc(-c3c(-c4c(C)c(NC(=O)OC(C)(C)C)nn4C)n(C)c4ncnc(N)c34)cc2)n1. The third-order valence-electron chi connectivity index (χ3n) is 6.25. The lowest BCUT2D eigenvalue weighted by atomic mass is 9.99. The van der Waals surface area contributed by atoms with Crippen LogP contribution in [0.25, 0.3) is 33.5 Å². The number of amides is 1. The predicted molar refractivity (Wildman–Crippen MR) is 152 cm³/mol. The molecule has 0 aliphatic rings. The minimum atomic E-state index is -0.643. The van der Waals surface area contributed by atoms with E-state index in [4.69, 9.17) is 15.2 Å². The quantitative estimate of drug-likeness (QED) is 0.308. The molecule has 5 aromatic rings. The first-order valence-electron chi connectivity index (χ1n) is 12.6.